The van der Waals surface area contributed by atoms with Crippen LogP contribution in [0.4, 0.5) is 5.69 Å². The number of amides is 1. The van der Waals surface area contributed by atoms with E-state index in [1.54, 1.807) is 4.68 Å². The van der Waals surface area contributed by atoms with Crippen LogP contribution in [-0.2, 0) is 36.3 Å². The van der Waals surface area contributed by atoms with E-state index in [-0.39, 0.29) is 18.0 Å². The first kappa shape index (κ1) is 27.7. The van der Waals surface area contributed by atoms with Crippen LogP contribution in [0.15, 0.2) is 30.7 Å². The van der Waals surface area contributed by atoms with E-state index >= 15 is 0 Å². The molecular weight excluding hydrogens is 538 g/mol. The van der Waals surface area contributed by atoms with E-state index in [1.165, 1.54) is 10.6 Å². The van der Waals surface area contributed by atoms with Crippen LogP contribution >= 0.6 is 11.6 Å². The van der Waals surface area contributed by atoms with Crippen molar-refractivity contribution >= 4 is 33.2 Å². The number of carbonyl (C=O) groups is 1. The summed E-state index contributed by atoms with van der Waals surface area (Å²) in [6, 6.07) is 6.07. The molecule has 2 N–H and O–H groups in total. The number of sulfonamides is 1. The molecule has 5 rings (SSSR count). The van der Waals surface area contributed by atoms with Gasteiger partial charge in [0, 0.05) is 55.2 Å². The highest BCUT2D eigenvalue weighted by Gasteiger charge is 2.36. The molecule has 0 bridgehead atoms. The number of anilines is 1. The first-order chi connectivity index (χ1) is 18.8. The highest BCUT2D eigenvalue weighted by molar-refractivity contribution is 7.90. The van der Waals surface area contributed by atoms with E-state index < -0.39 is 15.2 Å². The van der Waals surface area contributed by atoms with E-state index in [0.717, 1.165) is 52.2 Å². The third-order valence-corrected chi connectivity index (χ3v) is 10.0. The fraction of sp³-hybridized carbons (Fsp3) is 0.481. The van der Waals surface area contributed by atoms with Crippen molar-refractivity contribution < 1.29 is 13.2 Å². The average molecular weight is 572 g/mol. The maximum atomic E-state index is 13.7. The molecule has 1 atom stereocenters. The molecule has 1 saturated heterocycles. The van der Waals surface area contributed by atoms with Gasteiger partial charge in [-0.3, -0.25) is 9.48 Å². The zero-order valence-corrected chi connectivity index (χ0v) is 24.0. The zero-order valence-electron chi connectivity index (χ0n) is 22.4. The molecule has 2 aliphatic rings. The number of nitrogens with one attached hydrogen (secondary N) is 2. The minimum absolute atomic E-state index is 0.101. The number of nitrogens with zero attached hydrogens (tertiary/aromatic N) is 5. The smallest absolute Gasteiger partial charge is 0.276 e. The predicted molar refractivity (Wildman–Crippen MR) is 151 cm³/mol. The molecule has 1 unspecified atom stereocenters. The van der Waals surface area contributed by atoms with Crippen LogP contribution in [-0.4, -0.2) is 62.7 Å². The summed E-state index contributed by atoms with van der Waals surface area (Å²) in [5, 5.41) is 11.1. The lowest BCUT2D eigenvalue weighted by Crippen LogP contribution is -2.46. The molecule has 1 aromatic carbocycles. The molecule has 208 valence electrons. The molecule has 0 saturated carbocycles. The van der Waals surface area contributed by atoms with Gasteiger partial charge in [0.1, 0.15) is 11.5 Å². The second-order valence-electron chi connectivity index (χ2n) is 10.1. The number of carbonyl (C=O) groups excluding carboxylic acids is 1. The lowest BCUT2D eigenvalue weighted by molar-refractivity contribution is 0.102. The van der Waals surface area contributed by atoms with Crippen molar-refractivity contribution in [3.8, 4) is 11.4 Å². The van der Waals surface area contributed by atoms with Crippen molar-refractivity contribution in [2.24, 2.45) is 7.05 Å². The number of para-hydroxylation sites is 1. The maximum absolute atomic E-state index is 13.7. The van der Waals surface area contributed by atoms with Gasteiger partial charge in [0.25, 0.3) is 5.91 Å². The summed E-state index contributed by atoms with van der Waals surface area (Å²) in [7, 11) is -1.59. The summed E-state index contributed by atoms with van der Waals surface area (Å²) in [5.41, 5.74) is 6.79. The Labute approximate surface area is 234 Å². The number of benzene rings is 1. The SMILES string of the molecule is CCc1cccc(CC)c1NC(=O)c1nn(C)c2c1CC(NC1CCN(S(=O)(=O)CCl)CC1)c1cncnc1-2. The van der Waals surface area contributed by atoms with Gasteiger partial charge >= 0.3 is 0 Å². The maximum Gasteiger partial charge on any atom is 0.276 e. The highest BCUT2D eigenvalue weighted by Crippen LogP contribution is 2.39. The number of hydrogen-bond donors (Lipinski definition) is 2. The number of halogens is 1. The summed E-state index contributed by atoms with van der Waals surface area (Å²) < 4.78 is 27.5. The number of aromatic nitrogens is 4. The summed E-state index contributed by atoms with van der Waals surface area (Å²) in [6.07, 6.45) is 6.82. The third kappa shape index (κ3) is 5.32. The van der Waals surface area contributed by atoms with E-state index in [0.29, 0.717) is 38.0 Å². The quantitative estimate of drug-likeness (QED) is 0.397. The number of fused-ring (bicyclic) bond motifs is 3. The number of rotatable bonds is 8. The van der Waals surface area contributed by atoms with Gasteiger partial charge in [-0.1, -0.05) is 32.0 Å². The Morgan fingerprint density at radius 1 is 1.15 bits per heavy atom. The lowest BCUT2D eigenvalue weighted by atomic mass is 9.87. The molecule has 39 heavy (non-hydrogen) atoms. The van der Waals surface area contributed by atoms with Gasteiger partial charge in [0.15, 0.2) is 5.69 Å². The van der Waals surface area contributed by atoms with Crippen LogP contribution in [0.1, 0.15) is 65.5 Å². The fourth-order valence-corrected chi connectivity index (χ4v) is 7.05. The van der Waals surface area contributed by atoms with Crippen LogP contribution in [0.25, 0.3) is 11.4 Å². The molecule has 0 spiro atoms. The topological polar surface area (TPSA) is 122 Å². The van der Waals surface area contributed by atoms with Crippen LogP contribution < -0.4 is 10.6 Å². The monoisotopic (exact) mass is 571 g/mol. The molecule has 0 radical (unpaired) electrons. The summed E-state index contributed by atoms with van der Waals surface area (Å²) in [6.45, 7) is 4.99. The van der Waals surface area contributed by atoms with Gasteiger partial charge in [-0.2, -0.15) is 5.10 Å². The Hall–Kier alpha value is -2.86. The Bertz CT molecular complexity index is 1460. The van der Waals surface area contributed by atoms with Crippen molar-refractivity contribution in [1.82, 2.24) is 29.4 Å². The lowest BCUT2D eigenvalue weighted by Gasteiger charge is -2.35. The van der Waals surface area contributed by atoms with E-state index in [2.05, 4.69) is 39.5 Å². The predicted octanol–water partition coefficient (Wildman–Crippen LogP) is 3.43. The van der Waals surface area contributed by atoms with Crippen molar-refractivity contribution in [2.45, 2.75) is 58.0 Å². The molecule has 1 amide bonds. The minimum Gasteiger partial charge on any atom is -0.320 e. The Morgan fingerprint density at radius 2 is 1.85 bits per heavy atom. The molecule has 12 heteroatoms. The van der Waals surface area contributed by atoms with Crippen LogP contribution in [0.3, 0.4) is 0 Å². The molecule has 3 aromatic rings. The van der Waals surface area contributed by atoms with Crippen molar-refractivity contribution in [3.63, 3.8) is 0 Å². The standard InChI is InChI=1S/C27H34ClN7O3S/c1-4-17-7-6-8-18(5-2)23(17)32-27(36)25-20-13-22(21-14-29-16-30-24(21)26(20)34(3)33-25)31-19-9-11-35(12-10-19)39(37,38)15-28/h6-8,14,16,19,22,31H,4-5,9-13,15H2,1-3H3,(H,32,36). The molecule has 1 aliphatic carbocycles. The number of hydrogen-bond acceptors (Lipinski definition) is 7. The molecule has 2 aromatic heterocycles. The summed E-state index contributed by atoms with van der Waals surface area (Å²) in [4.78, 5) is 22.5. The first-order valence-electron chi connectivity index (χ1n) is 13.3. The average Bonchev–Trinajstić information content (AvgIpc) is 3.29. The molecule has 10 nitrogen and oxygen atoms in total. The Morgan fingerprint density at radius 3 is 2.49 bits per heavy atom. The minimum atomic E-state index is -3.42. The zero-order chi connectivity index (χ0) is 27.7. The molecule has 1 aliphatic heterocycles. The van der Waals surface area contributed by atoms with Gasteiger partial charge in [-0.05, 0) is 43.2 Å². The van der Waals surface area contributed by atoms with Crippen molar-refractivity contribution in [2.75, 3.05) is 23.6 Å². The number of alkyl halides is 1. The van der Waals surface area contributed by atoms with Crippen molar-refractivity contribution in [3.05, 3.63) is 58.7 Å². The van der Waals surface area contributed by atoms with Gasteiger partial charge in [0.2, 0.25) is 10.0 Å². The fourth-order valence-electron chi connectivity index (χ4n) is 5.73. The Balaban J connectivity index is 1.43. The van der Waals surface area contributed by atoms with Crippen molar-refractivity contribution in [1.29, 1.82) is 0 Å². The molecular formula is C27H34ClN7O3S. The molecule has 3 heterocycles. The summed E-state index contributed by atoms with van der Waals surface area (Å²) >= 11 is 5.65. The van der Waals surface area contributed by atoms with Gasteiger partial charge < -0.3 is 10.6 Å². The summed E-state index contributed by atoms with van der Waals surface area (Å²) in [5.74, 6) is -0.238. The van der Waals surface area contributed by atoms with Gasteiger partial charge in [-0.25, -0.2) is 22.7 Å². The number of piperidine rings is 1. The second kappa shape index (κ2) is 11.3. The van der Waals surface area contributed by atoms with Crippen LogP contribution in [0.2, 0.25) is 0 Å². The van der Waals surface area contributed by atoms with Crippen LogP contribution in [0.5, 0.6) is 0 Å². The Kier molecular flexibility index (Phi) is 8.04. The van der Waals surface area contributed by atoms with E-state index in [9.17, 15) is 13.2 Å². The number of aryl methyl sites for hydroxylation is 3. The third-order valence-electron chi connectivity index (χ3n) is 7.77. The van der Waals surface area contributed by atoms with Gasteiger partial charge in [-0.15, -0.1) is 11.6 Å². The largest absolute Gasteiger partial charge is 0.320 e. The molecule has 1 fully saturated rings. The second-order valence-corrected chi connectivity index (χ2v) is 12.6. The normalized spacial score (nSPS) is 18.0. The van der Waals surface area contributed by atoms with Gasteiger partial charge in [0.05, 0.1) is 11.4 Å². The van der Waals surface area contributed by atoms with E-state index in [4.69, 9.17) is 11.6 Å². The highest BCUT2D eigenvalue weighted by atomic mass is 35.5. The van der Waals surface area contributed by atoms with E-state index in [1.807, 2.05) is 31.4 Å². The van der Waals surface area contributed by atoms with Crippen LogP contribution in [0, 0.1) is 0 Å². The first-order valence-corrected chi connectivity index (χ1v) is 15.5.